The van der Waals surface area contributed by atoms with E-state index in [2.05, 4.69) is 22.0 Å². The quantitative estimate of drug-likeness (QED) is 0.828. The van der Waals surface area contributed by atoms with Gasteiger partial charge in [-0.1, -0.05) is 12.1 Å². The molecule has 1 aromatic rings. The number of nitrogens with two attached hydrogens (primary N) is 1. The molecule has 2 N–H and O–H groups in total. The lowest BCUT2D eigenvalue weighted by Crippen LogP contribution is -2.30. The highest BCUT2D eigenvalue weighted by Crippen LogP contribution is 2.20. The summed E-state index contributed by atoms with van der Waals surface area (Å²) in [6, 6.07) is 0.655. The third-order valence-corrected chi connectivity index (χ3v) is 3.33. The Bertz CT molecular complexity index is 350. The maximum absolute atomic E-state index is 5.71. The van der Waals surface area contributed by atoms with Gasteiger partial charge in [-0.15, -0.1) is 0 Å². The Morgan fingerprint density at radius 1 is 1.59 bits per heavy atom. The molecule has 96 valence electrons. The summed E-state index contributed by atoms with van der Waals surface area (Å²) in [5.74, 6) is 1.49. The second-order valence-electron chi connectivity index (χ2n) is 4.91. The number of likely N-dealkylation sites (N-methyl/N-ethyl adjacent to an activating group) is 1. The van der Waals surface area contributed by atoms with Crippen LogP contribution in [0.5, 0.6) is 0 Å². The first-order chi connectivity index (χ1) is 8.19. The topological polar surface area (TPSA) is 68.2 Å². The van der Waals surface area contributed by atoms with Crippen LogP contribution in [0.2, 0.25) is 0 Å². The van der Waals surface area contributed by atoms with Crippen molar-refractivity contribution in [2.24, 2.45) is 5.73 Å². The van der Waals surface area contributed by atoms with Crippen molar-refractivity contribution in [3.8, 4) is 0 Å². The number of nitrogens with zero attached hydrogens (tertiary/aromatic N) is 3. The first-order valence-corrected chi connectivity index (χ1v) is 6.50. The van der Waals surface area contributed by atoms with E-state index in [1.54, 1.807) is 0 Å². The van der Waals surface area contributed by atoms with Crippen molar-refractivity contribution in [2.45, 2.75) is 51.6 Å². The van der Waals surface area contributed by atoms with Crippen molar-refractivity contribution in [3.05, 3.63) is 11.7 Å². The van der Waals surface area contributed by atoms with Crippen LogP contribution in [0.3, 0.4) is 0 Å². The van der Waals surface area contributed by atoms with Gasteiger partial charge in [-0.05, 0) is 32.9 Å². The van der Waals surface area contributed by atoms with Crippen LogP contribution in [-0.4, -0.2) is 40.2 Å². The average molecular weight is 238 g/mol. The third kappa shape index (κ3) is 3.26. The lowest BCUT2D eigenvalue weighted by molar-refractivity contribution is 0.246. The lowest BCUT2D eigenvalue weighted by Gasteiger charge is -2.20. The van der Waals surface area contributed by atoms with Gasteiger partial charge in [-0.3, -0.25) is 0 Å². The van der Waals surface area contributed by atoms with Gasteiger partial charge in [0.1, 0.15) is 0 Å². The number of aromatic nitrogens is 2. The Morgan fingerprint density at radius 2 is 2.41 bits per heavy atom. The fraction of sp³-hybridized carbons (Fsp3) is 0.833. The van der Waals surface area contributed by atoms with Crippen LogP contribution in [0, 0.1) is 0 Å². The minimum absolute atomic E-state index is 0.0825. The molecule has 5 nitrogen and oxygen atoms in total. The minimum Gasteiger partial charge on any atom is -0.339 e. The van der Waals surface area contributed by atoms with E-state index in [1.807, 2.05) is 6.92 Å². The van der Waals surface area contributed by atoms with Crippen molar-refractivity contribution in [2.75, 3.05) is 13.1 Å². The van der Waals surface area contributed by atoms with Gasteiger partial charge in [0, 0.05) is 24.9 Å². The molecule has 2 atom stereocenters. The molecule has 1 aliphatic rings. The maximum atomic E-state index is 5.71. The Balaban J connectivity index is 1.92. The predicted octanol–water partition coefficient (Wildman–Crippen LogP) is 0.986. The van der Waals surface area contributed by atoms with Gasteiger partial charge in [0.05, 0.1) is 0 Å². The summed E-state index contributed by atoms with van der Waals surface area (Å²) in [4.78, 5) is 6.88. The van der Waals surface area contributed by atoms with Crippen LogP contribution in [0.25, 0.3) is 0 Å². The molecule has 0 spiro atoms. The molecule has 2 rings (SSSR count). The minimum atomic E-state index is 0.0825. The first-order valence-electron chi connectivity index (χ1n) is 6.50. The van der Waals surface area contributed by atoms with Gasteiger partial charge in [0.25, 0.3) is 0 Å². The molecule has 1 fully saturated rings. The lowest BCUT2D eigenvalue weighted by atomic mass is 10.1. The van der Waals surface area contributed by atoms with E-state index >= 15 is 0 Å². The molecule has 2 heterocycles. The summed E-state index contributed by atoms with van der Waals surface area (Å²) < 4.78 is 5.28. The highest BCUT2D eigenvalue weighted by atomic mass is 16.5. The van der Waals surface area contributed by atoms with E-state index in [1.165, 1.54) is 19.4 Å². The summed E-state index contributed by atoms with van der Waals surface area (Å²) >= 11 is 0. The Morgan fingerprint density at radius 3 is 3.12 bits per heavy atom. The Hall–Kier alpha value is -0.940. The molecule has 0 saturated carbocycles. The highest BCUT2D eigenvalue weighted by Gasteiger charge is 2.25. The van der Waals surface area contributed by atoms with Crippen LogP contribution >= 0.6 is 0 Å². The molecule has 1 saturated heterocycles. The van der Waals surface area contributed by atoms with Crippen LogP contribution in [-0.2, 0) is 12.8 Å². The van der Waals surface area contributed by atoms with Crippen molar-refractivity contribution >= 4 is 0 Å². The maximum Gasteiger partial charge on any atom is 0.228 e. The number of rotatable bonds is 5. The van der Waals surface area contributed by atoms with E-state index in [0.29, 0.717) is 12.5 Å². The average Bonchev–Trinajstić information content (AvgIpc) is 2.87. The normalized spacial score (nSPS) is 23.1. The number of hydrogen-bond donors (Lipinski definition) is 1. The van der Waals surface area contributed by atoms with Crippen molar-refractivity contribution in [3.63, 3.8) is 0 Å². The number of likely N-dealkylation sites (tertiary alicyclic amines) is 1. The third-order valence-electron chi connectivity index (χ3n) is 3.33. The summed E-state index contributed by atoms with van der Waals surface area (Å²) in [7, 11) is 0. The largest absolute Gasteiger partial charge is 0.339 e. The number of hydrogen-bond acceptors (Lipinski definition) is 5. The van der Waals surface area contributed by atoms with Gasteiger partial charge in [0.15, 0.2) is 5.82 Å². The molecule has 17 heavy (non-hydrogen) atoms. The molecular weight excluding hydrogens is 216 g/mol. The molecule has 0 radical (unpaired) electrons. The van der Waals surface area contributed by atoms with Gasteiger partial charge in [-0.25, -0.2) is 0 Å². The molecular formula is C12H22N4O. The predicted molar refractivity (Wildman–Crippen MR) is 65.6 cm³/mol. The summed E-state index contributed by atoms with van der Waals surface area (Å²) in [5, 5.41) is 3.96. The van der Waals surface area contributed by atoms with E-state index in [4.69, 9.17) is 10.3 Å². The van der Waals surface area contributed by atoms with Crippen LogP contribution in [0.15, 0.2) is 4.52 Å². The van der Waals surface area contributed by atoms with E-state index in [-0.39, 0.29) is 6.04 Å². The van der Waals surface area contributed by atoms with Crippen molar-refractivity contribution < 1.29 is 4.52 Å². The molecule has 0 amide bonds. The van der Waals surface area contributed by atoms with Gasteiger partial charge >= 0.3 is 0 Å². The molecule has 0 aliphatic carbocycles. The van der Waals surface area contributed by atoms with Crippen LogP contribution < -0.4 is 5.73 Å². The van der Waals surface area contributed by atoms with E-state index in [9.17, 15) is 0 Å². The van der Waals surface area contributed by atoms with E-state index < -0.39 is 0 Å². The molecule has 1 aliphatic heterocycles. The smallest absolute Gasteiger partial charge is 0.228 e. The fourth-order valence-corrected chi connectivity index (χ4v) is 2.49. The Labute approximate surface area is 102 Å². The molecule has 5 heteroatoms. The highest BCUT2D eigenvalue weighted by molar-refractivity contribution is 4.93. The first kappa shape index (κ1) is 12.5. The standard InChI is InChI=1S/C12H22N4O/c1-3-16-6-4-5-10(16)8-12-14-11(15-17-12)7-9(2)13/h9-10H,3-8,13H2,1-2H3. The zero-order chi connectivity index (χ0) is 12.3. The summed E-state index contributed by atoms with van der Waals surface area (Å²) in [5.41, 5.74) is 5.71. The van der Waals surface area contributed by atoms with Gasteiger partial charge < -0.3 is 15.2 Å². The van der Waals surface area contributed by atoms with Crippen molar-refractivity contribution in [1.29, 1.82) is 0 Å². The van der Waals surface area contributed by atoms with Crippen LogP contribution in [0.1, 0.15) is 38.4 Å². The van der Waals surface area contributed by atoms with Crippen molar-refractivity contribution in [1.82, 2.24) is 15.0 Å². The summed E-state index contributed by atoms with van der Waals surface area (Å²) in [6.07, 6.45) is 4.07. The fourth-order valence-electron chi connectivity index (χ4n) is 2.49. The molecule has 0 aromatic carbocycles. The SMILES string of the molecule is CCN1CCCC1Cc1nc(CC(C)N)no1. The molecule has 1 aromatic heterocycles. The zero-order valence-corrected chi connectivity index (χ0v) is 10.7. The zero-order valence-electron chi connectivity index (χ0n) is 10.7. The second kappa shape index (κ2) is 5.60. The Kier molecular flexibility index (Phi) is 4.12. The van der Waals surface area contributed by atoms with Gasteiger partial charge in [0.2, 0.25) is 5.89 Å². The summed E-state index contributed by atoms with van der Waals surface area (Å²) in [6.45, 7) is 6.45. The molecule has 2 unspecified atom stereocenters. The van der Waals surface area contributed by atoms with Crippen LogP contribution in [0.4, 0.5) is 0 Å². The monoisotopic (exact) mass is 238 g/mol. The second-order valence-corrected chi connectivity index (χ2v) is 4.91. The van der Waals surface area contributed by atoms with E-state index in [0.717, 1.165) is 24.7 Å². The van der Waals surface area contributed by atoms with Gasteiger partial charge in [-0.2, -0.15) is 4.98 Å². The molecule has 0 bridgehead atoms.